The van der Waals surface area contributed by atoms with Gasteiger partial charge in [-0.15, -0.1) is 0 Å². The van der Waals surface area contributed by atoms with Crippen LogP contribution < -0.4 is 5.32 Å². The Balaban J connectivity index is 1.88. The highest BCUT2D eigenvalue weighted by Gasteiger charge is 2.47. The molecule has 4 nitrogen and oxygen atoms in total. The lowest BCUT2D eigenvalue weighted by Crippen LogP contribution is -2.38. The smallest absolute Gasteiger partial charge is 0.246 e. The number of ether oxygens (including phenoxy) is 2. The van der Waals surface area contributed by atoms with Gasteiger partial charge in [0.1, 0.15) is 12.4 Å². The fourth-order valence-electron chi connectivity index (χ4n) is 2.05. The molecule has 104 valence electrons. The lowest BCUT2D eigenvalue weighted by molar-refractivity contribution is -0.127. The maximum absolute atomic E-state index is 13.7. The van der Waals surface area contributed by atoms with Crippen molar-refractivity contribution in [3.8, 4) is 0 Å². The summed E-state index contributed by atoms with van der Waals surface area (Å²) in [4.78, 5) is 11.7. The van der Waals surface area contributed by atoms with Crippen LogP contribution in [0.5, 0.6) is 0 Å². The molecule has 1 aliphatic rings. The van der Waals surface area contributed by atoms with Gasteiger partial charge in [-0.25, -0.2) is 4.39 Å². The summed E-state index contributed by atoms with van der Waals surface area (Å²) in [6.45, 7) is 0.794. The van der Waals surface area contributed by atoms with Crippen molar-refractivity contribution >= 4 is 5.91 Å². The van der Waals surface area contributed by atoms with Crippen molar-refractivity contribution in [2.24, 2.45) is 0 Å². The number of rotatable bonds is 7. The average Bonchev–Trinajstić information content (AvgIpc) is 3.16. The van der Waals surface area contributed by atoms with Crippen LogP contribution in [0.2, 0.25) is 0 Å². The zero-order chi connectivity index (χ0) is 13.7. The fraction of sp³-hybridized carbons (Fsp3) is 0.500. The third-order valence-corrected chi connectivity index (χ3v) is 3.18. The molecule has 19 heavy (non-hydrogen) atoms. The van der Waals surface area contributed by atoms with Crippen LogP contribution in [0.4, 0.5) is 4.39 Å². The van der Waals surface area contributed by atoms with E-state index in [1.54, 1.807) is 25.3 Å². The maximum atomic E-state index is 13.7. The van der Waals surface area contributed by atoms with E-state index in [9.17, 15) is 9.18 Å². The van der Waals surface area contributed by atoms with Gasteiger partial charge in [0.25, 0.3) is 0 Å². The first kappa shape index (κ1) is 14.0. The normalized spacial score (nSPS) is 16.1. The summed E-state index contributed by atoms with van der Waals surface area (Å²) >= 11 is 0. The number of nitrogens with one attached hydrogen (secondary N) is 1. The van der Waals surface area contributed by atoms with E-state index in [-0.39, 0.29) is 18.3 Å². The molecule has 0 bridgehead atoms. The number of halogens is 1. The zero-order valence-corrected chi connectivity index (χ0v) is 10.9. The van der Waals surface area contributed by atoms with Gasteiger partial charge in [-0.05, 0) is 18.9 Å². The van der Waals surface area contributed by atoms with E-state index < -0.39 is 5.54 Å². The Morgan fingerprint density at radius 3 is 2.74 bits per heavy atom. The first-order valence-corrected chi connectivity index (χ1v) is 6.31. The van der Waals surface area contributed by atoms with Crippen LogP contribution in [0.1, 0.15) is 18.4 Å². The van der Waals surface area contributed by atoms with Gasteiger partial charge >= 0.3 is 0 Å². The van der Waals surface area contributed by atoms with Crippen LogP contribution in [0.15, 0.2) is 24.3 Å². The molecular formula is C14H18FNO3. The molecule has 1 aliphatic carbocycles. The van der Waals surface area contributed by atoms with Gasteiger partial charge in [-0.3, -0.25) is 4.79 Å². The predicted molar refractivity (Wildman–Crippen MR) is 68.1 cm³/mol. The topological polar surface area (TPSA) is 47.6 Å². The van der Waals surface area contributed by atoms with Crippen LogP contribution in [-0.2, 0) is 19.8 Å². The molecule has 1 amide bonds. The van der Waals surface area contributed by atoms with Gasteiger partial charge in [-0.2, -0.15) is 0 Å². The second kappa shape index (κ2) is 6.12. The predicted octanol–water partition coefficient (Wildman–Crippen LogP) is 1.59. The summed E-state index contributed by atoms with van der Waals surface area (Å²) in [5.74, 6) is -0.502. The molecule has 1 N–H and O–H groups in total. The number of methoxy groups -OCH3 is 1. The number of hydrogen-bond donors (Lipinski definition) is 1. The van der Waals surface area contributed by atoms with Crippen molar-refractivity contribution in [1.29, 1.82) is 0 Å². The van der Waals surface area contributed by atoms with E-state index in [0.29, 0.717) is 18.8 Å². The first-order chi connectivity index (χ1) is 9.18. The van der Waals surface area contributed by atoms with Gasteiger partial charge in [0.2, 0.25) is 5.91 Å². The Labute approximate surface area is 111 Å². The van der Waals surface area contributed by atoms with Gasteiger partial charge in [0.15, 0.2) is 0 Å². The number of hydrogen-bond acceptors (Lipinski definition) is 3. The van der Waals surface area contributed by atoms with E-state index in [2.05, 4.69) is 5.32 Å². The number of carbonyl (C=O) groups excluding carboxylic acids is 1. The summed E-state index contributed by atoms with van der Waals surface area (Å²) < 4.78 is 23.7. The highest BCUT2D eigenvalue weighted by Crippen LogP contribution is 2.46. The van der Waals surface area contributed by atoms with Crippen molar-refractivity contribution in [3.63, 3.8) is 0 Å². The average molecular weight is 267 g/mol. The standard InChI is InChI=1S/C14H18FNO3/c1-18-8-9-19-10-13(17)16-14(6-7-14)11-4-2-3-5-12(11)15/h2-5H,6-10H2,1H3,(H,16,17). The van der Waals surface area contributed by atoms with Gasteiger partial charge in [0.05, 0.1) is 18.8 Å². The Morgan fingerprint density at radius 1 is 1.37 bits per heavy atom. The second-order valence-electron chi connectivity index (χ2n) is 4.66. The van der Waals surface area contributed by atoms with E-state index in [4.69, 9.17) is 9.47 Å². The summed E-state index contributed by atoms with van der Waals surface area (Å²) in [5, 5.41) is 2.86. The summed E-state index contributed by atoms with van der Waals surface area (Å²) in [5.41, 5.74) is 0.0211. The minimum absolute atomic E-state index is 0.0282. The van der Waals surface area contributed by atoms with Crippen LogP contribution in [0.25, 0.3) is 0 Å². The minimum Gasteiger partial charge on any atom is -0.382 e. The molecule has 5 heteroatoms. The number of amides is 1. The Morgan fingerprint density at radius 2 is 2.11 bits per heavy atom. The lowest BCUT2D eigenvalue weighted by atomic mass is 10.0. The van der Waals surface area contributed by atoms with E-state index in [1.165, 1.54) is 6.07 Å². The highest BCUT2D eigenvalue weighted by atomic mass is 19.1. The number of carbonyl (C=O) groups is 1. The van der Waals surface area contributed by atoms with E-state index in [0.717, 1.165) is 12.8 Å². The minimum atomic E-state index is -0.535. The molecule has 0 heterocycles. The molecule has 0 aliphatic heterocycles. The van der Waals surface area contributed by atoms with Gasteiger partial charge in [0, 0.05) is 12.7 Å². The summed E-state index contributed by atoms with van der Waals surface area (Å²) in [7, 11) is 1.57. The lowest BCUT2D eigenvalue weighted by Gasteiger charge is -2.18. The SMILES string of the molecule is COCCOCC(=O)NC1(c2ccccc2F)CC1. The van der Waals surface area contributed by atoms with Crippen LogP contribution in [0, 0.1) is 5.82 Å². The molecule has 0 aromatic heterocycles. The molecular weight excluding hydrogens is 249 g/mol. The van der Waals surface area contributed by atoms with Crippen molar-refractivity contribution < 1.29 is 18.7 Å². The zero-order valence-electron chi connectivity index (χ0n) is 10.9. The fourth-order valence-corrected chi connectivity index (χ4v) is 2.05. The monoisotopic (exact) mass is 267 g/mol. The van der Waals surface area contributed by atoms with Crippen molar-refractivity contribution in [3.05, 3.63) is 35.6 Å². The molecule has 0 saturated heterocycles. The molecule has 0 unspecified atom stereocenters. The van der Waals surface area contributed by atoms with Crippen molar-refractivity contribution in [1.82, 2.24) is 5.32 Å². The highest BCUT2D eigenvalue weighted by molar-refractivity contribution is 5.78. The molecule has 0 spiro atoms. The quantitative estimate of drug-likeness (QED) is 0.763. The molecule has 0 atom stereocenters. The third-order valence-electron chi connectivity index (χ3n) is 3.18. The Kier molecular flexibility index (Phi) is 4.50. The molecule has 1 aromatic rings. The van der Waals surface area contributed by atoms with E-state index >= 15 is 0 Å². The Hall–Kier alpha value is -1.46. The number of benzene rings is 1. The van der Waals surface area contributed by atoms with Crippen molar-refractivity contribution in [2.75, 3.05) is 26.9 Å². The second-order valence-corrected chi connectivity index (χ2v) is 4.66. The molecule has 0 radical (unpaired) electrons. The van der Waals surface area contributed by atoms with Crippen LogP contribution in [-0.4, -0.2) is 32.8 Å². The largest absolute Gasteiger partial charge is 0.382 e. The van der Waals surface area contributed by atoms with Gasteiger partial charge in [-0.1, -0.05) is 18.2 Å². The van der Waals surface area contributed by atoms with Crippen LogP contribution >= 0.6 is 0 Å². The molecule has 1 saturated carbocycles. The van der Waals surface area contributed by atoms with Gasteiger partial charge < -0.3 is 14.8 Å². The molecule has 1 fully saturated rings. The van der Waals surface area contributed by atoms with Crippen molar-refractivity contribution in [2.45, 2.75) is 18.4 Å². The summed E-state index contributed by atoms with van der Waals surface area (Å²) in [6, 6.07) is 6.55. The Bertz CT molecular complexity index is 446. The molecule has 1 aromatic carbocycles. The van der Waals surface area contributed by atoms with E-state index in [1.807, 2.05) is 0 Å². The first-order valence-electron chi connectivity index (χ1n) is 6.31. The maximum Gasteiger partial charge on any atom is 0.246 e. The molecule has 2 rings (SSSR count). The van der Waals surface area contributed by atoms with Crippen LogP contribution in [0.3, 0.4) is 0 Å². The summed E-state index contributed by atoms with van der Waals surface area (Å²) in [6.07, 6.45) is 1.52. The third kappa shape index (κ3) is 3.52.